The zero-order chi connectivity index (χ0) is 14.9. The van der Waals surface area contributed by atoms with E-state index in [-0.39, 0.29) is 0 Å². The molecule has 0 radical (unpaired) electrons. The lowest BCUT2D eigenvalue weighted by molar-refractivity contribution is 0.837. The minimum absolute atomic E-state index is 0.514. The molecule has 0 fully saturated rings. The highest BCUT2D eigenvalue weighted by atomic mass is 35.5. The Kier molecular flexibility index (Phi) is 4.55. The first-order valence-corrected chi connectivity index (χ1v) is 7.68. The van der Waals surface area contributed by atoms with E-state index in [1.54, 1.807) is 0 Å². The summed E-state index contributed by atoms with van der Waals surface area (Å²) < 4.78 is 0. The third kappa shape index (κ3) is 3.07. The third-order valence-electron chi connectivity index (χ3n) is 3.84. The zero-order valence-electron chi connectivity index (χ0n) is 13.0. The molecule has 0 atom stereocenters. The fourth-order valence-corrected chi connectivity index (χ4v) is 2.85. The molecule has 2 aromatic rings. The van der Waals surface area contributed by atoms with Crippen molar-refractivity contribution in [3.8, 4) is 11.1 Å². The second-order valence-corrected chi connectivity index (χ2v) is 6.55. The van der Waals surface area contributed by atoms with Gasteiger partial charge in [-0.1, -0.05) is 63.6 Å². The fourth-order valence-electron chi connectivity index (χ4n) is 2.73. The Morgan fingerprint density at radius 1 is 0.800 bits per heavy atom. The topological polar surface area (TPSA) is 0 Å². The molecule has 1 heteroatoms. The summed E-state index contributed by atoms with van der Waals surface area (Å²) in [4.78, 5) is 0. The van der Waals surface area contributed by atoms with Crippen LogP contribution in [0.4, 0.5) is 0 Å². The van der Waals surface area contributed by atoms with Crippen molar-refractivity contribution in [2.24, 2.45) is 0 Å². The van der Waals surface area contributed by atoms with Crippen LogP contribution < -0.4 is 0 Å². The number of hydrogen-bond acceptors (Lipinski definition) is 0. The molecular formula is C19H23Cl. The number of benzene rings is 2. The highest BCUT2D eigenvalue weighted by Gasteiger charge is 2.13. The summed E-state index contributed by atoms with van der Waals surface area (Å²) in [6.07, 6.45) is 0. The van der Waals surface area contributed by atoms with Crippen molar-refractivity contribution in [1.29, 1.82) is 0 Å². The van der Waals surface area contributed by atoms with Crippen LogP contribution in [0.1, 0.15) is 56.2 Å². The minimum Gasteiger partial charge on any atom is -0.0843 e. The van der Waals surface area contributed by atoms with Gasteiger partial charge in [0.25, 0.3) is 0 Å². The summed E-state index contributed by atoms with van der Waals surface area (Å²) in [6, 6.07) is 12.9. The van der Waals surface area contributed by atoms with Gasteiger partial charge in [0.1, 0.15) is 0 Å². The lowest BCUT2D eigenvalue weighted by Crippen LogP contribution is -1.99. The van der Waals surface area contributed by atoms with Crippen molar-refractivity contribution in [1.82, 2.24) is 0 Å². The minimum atomic E-state index is 0.514. The second-order valence-electron chi connectivity index (χ2n) is 6.11. The maximum absolute atomic E-state index is 6.01. The first-order chi connectivity index (χ1) is 9.40. The van der Waals surface area contributed by atoms with E-state index in [0.717, 1.165) is 5.02 Å². The van der Waals surface area contributed by atoms with Crippen molar-refractivity contribution in [2.45, 2.75) is 46.5 Å². The molecule has 0 nitrogen and oxygen atoms in total. The second kappa shape index (κ2) is 6.01. The maximum atomic E-state index is 6.01. The monoisotopic (exact) mass is 286 g/mol. The Labute approximate surface area is 127 Å². The summed E-state index contributed by atoms with van der Waals surface area (Å²) in [5.41, 5.74) is 6.82. The van der Waals surface area contributed by atoms with E-state index in [9.17, 15) is 0 Å². The van der Waals surface area contributed by atoms with Gasteiger partial charge >= 0.3 is 0 Å². The van der Waals surface area contributed by atoms with Gasteiger partial charge < -0.3 is 0 Å². The average Bonchev–Trinajstić information content (AvgIpc) is 2.39. The molecule has 0 saturated carbocycles. The van der Waals surface area contributed by atoms with Gasteiger partial charge in [0.05, 0.1) is 0 Å². The lowest BCUT2D eigenvalue weighted by atomic mass is 9.86. The molecule has 20 heavy (non-hydrogen) atoms. The van der Waals surface area contributed by atoms with Gasteiger partial charge in [-0.2, -0.15) is 0 Å². The first kappa shape index (κ1) is 15.1. The van der Waals surface area contributed by atoms with Crippen molar-refractivity contribution in [3.63, 3.8) is 0 Å². The smallest absolute Gasteiger partial charge is 0.0406 e. The van der Waals surface area contributed by atoms with Crippen molar-refractivity contribution >= 4 is 11.6 Å². The molecule has 0 amide bonds. The summed E-state index contributed by atoms with van der Waals surface area (Å²) in [7, 11) is 0. The molecule has 0 aromatic heterocycles. The highest BCUT2D eigenvalue weighted by molar-refractivity contribution is 6.30. The summed E-state index contributed by atoms with van der Waals surface area (Å²) >= 11 is 6.01. The quantitative estimate of drug-likeness (QED) is 0.599. The summed E-state index contributed by atoms with van der Waals surface area (Å²) in [6.45, 7) is 11.2. The van der Waals surface area contributed by atoms with Crippen LogP contribution in [0.25, 0.3) is 11.1 Å². The van der Waals surface area contributed by atoms with Gasteiger partial charge in [-0.3, -0.25) is 0 Å². The fraction of sp³-hybridized carbons (Fsp3) is 0.368. The molecule has 0 saturated heterocycles. The molecule has 2 rings (SSSR count). The predicted molar refractivity (Wildman–Crippen MR) is 89.8 cm³/mol. The predicted octanol–water partition coefficient (Wildman–Crippen LogP) is 6.56. The van der Waals surface area contributed by atoms with Gasteiger partial charge in [-0.05, 0) is 58.7 Å². The number of halogens is 1. The number of rotatable bonds is 3. The van der Waals surface area contributed by atoms with E-state index in [0.29, 0.717) is 11.8 Å². The van der Waals surface area contributed by atoms with Crippen LogP contribution in [0, 0.1) is 6.92 Å². The van der Waals surface area contributed by atoms with Gasteiger partial charge in [-0.15, -0.1) is 0 Å². The van der Waals surface area contributed by atoms with Crippen molar-refractivity contribution in [2.75, 3.05) is 0 Å². The molecule has 0 unspecified atom stereocenters. The van der Waals surface area contributed by atoms with Gasteiger partial charge in [0.2, 0.25) is 0 Å². The van der Waals surface area contributed by atoms with Crippen molar-refractivity contribution < 1.29 is 0 Å². The number of aryl methyl sites for hydroxylation is 1. The Morgan fingerprint density at radius 3 is 1.85 bits per heavy atom. The standard InChI is InChI=1S/C19H23Cl/c1-12(2)17-11-19(15-6-8-16(20)9-7-15)18(13(3)4)10-14(17)5/h6-13H,1-5H3. The van der Waals surface area contributed by atoms with Crippen LogP contribution in [0.15, 0.2) is 36.4 Å². The highest BCUT2D eigenvalue weighted by Crippen LogP contribution is 2.34. The third-order valence-corrected chi connectivity index (χ3v) is 4.09. The van der Waals surface area contributed by atoms with Crippen LogP contribution in [0.5, 0.6) is 0 Å². The van der Waals surface area contributed by atoms with Crippen LogP contribution in [-0.2, 0) is 0 Å². The SMILES string of the molecule is Cc1cc(C(C)C)c(-c2ccc(Cl)cc2)cc1C(C)C. The van der Waals surface area contributed by atoms with Crippen molar-refractivity contribution in [3.05, 3.63) is 58.1 Å². The van der Waals surface area contributed by atoms with E-state index in [4.69, 9.17) is 11.6 Å². The number of hydrogen-bond donors (Lipinski definition) is 0. The van der Waals surface area contributed by atoms with Gasteiger partial charge in [0.15, 0.2) is 0 Å². The van der Waals surface area contributed by atoms with E-state index in [1.165, 1.54) is 27.8 Å². The molecule has 0 aliphatic heterocycles. The summed E-state index contributed by atoms with van der Waals surface area (Å²) in [5, 5.41) is 0.788. The molecule has 0 N–H and O–H groups in total. The molecular weight excluding hydrogens is 264 g/mol. The molecule has 106 valence electrons. The molecule has 0 bridgehead atoms. The molecule has 0 aliphatic rings. The molecule has 0 spiro atoms. The van der Waals surface area contributed by atoms with Gasteiger partial charge in [0, 0.05) is 5.02 Å². The summed E-state index contributed by atoms with van der Waals surface area (Å²) in [5.74, 6) is 1.06. The van der Waals surface area contributed by atoms with Crippen LogP contribution in [0.3, 0.4) is 0 Å². The zero-order valence-corrected chi connectivity index (χ0v) is 13.8. The normalized spacial score (nSPS) is 11.4. The van der Waals surface area contributed by atoms with E-state index in [1.807, 2.05) is 12.1 Å². The Morgan fingerprint density at radius 2 is 1.35 bits per heavy atom. The lowest BCUT2D eigenvalue weighted by Gasteiger charge is -2.19. The van der Waals surface area contributed by atoms with E-state index in [2.05, 4.69) is 58.9 Å². The first-order valence-electron chi connectivity index (χ1n) is 7.30. The van der Waals surface area contributed by atoms with E-state index < -0.39 is 0 Å². The Hall–Kier alpha value is -1.27. The van der Waals surface area contributed by atoms with Crippen LogP contribution in [-0.4, -0.2) is 0 Å². The molecule has 0 aliphatic carbocycles. The van der Waals surface area contributed by atoms with Gasteiger partial charge in [-0.25, -0.2) is 0 Å². The largest absolute Gasteiger partial charge is 0.0843 e. The molecule has 2 aromatic carbocycles. The van der Waals surface area contributed by atoms with Crippen LogP contribution >= 0.6 is 11.6 Å². The van der Waals surface area contributed by atoms with E-state index >= 15 is 0 Å². The molecule has 0 heterocycles. The Balaban J connectivity index is 2.65. The average molecular weight is 287 g/mol. The van der Waals surface area contributed by atoms with Crippen LogP contribution in [0.2, 0.25) is 5.02 Å². The maximum Gasteiger partial charge on any atom is 0.0406 e. The Bertz CT molecular complexity index is 592.